The van der Waals surface area contributed by atoms with Crippen LogP contribution in [0.1, 0.15) is 44.9 Å². The summed E-state index contributed by atoms with van der Waals surface area (Å²) < 4.78 is 26.6. The van der Waals surface area contributed by atoms with Crippen LogP contribution in [0, 0.1) is 5.92 Å². The molecule has 1 aliphatic carbocycles. The first-order valence-electron chi connectivity index (χ1n) is 8.46. The molecule has 0 radical (unpaired) electrons. The minimum Gasteiger partial charge on any atom is -0.326 e. The van der Waals surface area contributed by atoms with Crippen molar-refractivity contribution >= 4 is 21.6 Å². The van der Waals surface area contributed by atoms with Crippen molar-refractivity contribution in [3.05, 3.63) is 24.3 Å². The van der Waals surface area contributed by atoms with Crippen LogP contribution in [0.2, 0.25) is 0 Å². The van der Waals surface area contributed by atoms with Gasteiger partial charge in [0.05, 0.1) is 4.90 Å². The average Bonchev–Trinajstić information content (AvgIpc) is 3.20. The van der Waals surface area contributed by atoms with Gasteiger partial charge in [0, 0.05) is 25.2 Å². The third-order valence-electron chi connectivity index (χ3n) is 4.77. The Morgan fingerprint density at radius 2 is 1.83 bits per heavy atom. The minimum absolute atomic E-state index is 0.0207. The van der Waals surface area contributed by atoms with Crippen LogP contribution in [-0.4, -0.2) is 31.7 Å². The van der Waals surface area contributed by atoms with Crippen molar-refractivity contribution in [2.75, 3.05) is 18.4 Å². The average molecular weight is 336 g/mol. The molecular weight excluding hydrogens is 312 g/mol. The highest BCUT2D eigenvalue weighted by Crippen LogP contribution is 2.28. The van der Waals surface area contributed by atoms with Crippen LogP contribution in [-0.2, 0) is 14.8 Å². The summed E-state index contributed by atoms with van der Waals surface area (Å²) in [5, 5.41) is 2.85. The molecule has 0 atom stereocenters. The second-order valence-electron chi connectivity index (χ2n) is 6.54. The number of carbonyl (C=O) groups excluding carboxylic acids is 1. The third kappa shape index (κ3) is 3.93. The molecule has 0 spiro atoms. The van der Waals surface area contributed by atoms with Crippen LogP contribution >= 0.6 is 0 Å². The number of nitrogens with zero attached hydrogens (tertiary/aromatic N) is 1. The lowest BCUT2D eigenvalue weighted by molar-refractivity contribution is -0.117. The Labute approximate surface area is 138 Å². The third-order valence-corrected chi connectivity index (χ3v) is 6.66. The van der Waals surface area contributed by atoms with Crippen molar-refractivity contribution in [1.29, 1.82) is 0 Å². The van der Waals surface area contributed by atoms with E-state index >= 15 is 0 Å². The van der Waals surface area contributed by atoms with Gasteiger partial charge in [-0.1, -0.05) is 18.9 Å². The number of rotatable bonds is 5. The van der Waals surface area contributed by atoms with Gasteiger partial charge in [0.1, 0.15) is 0 Å². The van der Waals surface area contributed by atoms with E-state index in [1.54, 1.807) is 24.3 Å². The maximum atomic E-state index is 12.6. The first-order chi connectivity index (χ1) is 11.1. The lowest BCUT2D eigenvalue weighted by atomic mass is 10.0. The molecule has 1 N–H and O–H groups in total. The molecule has 1 amide bonds. The van der Waals surface area contributed by atoms with Gasteiger partial charge in [-0.2, -0.15) is 4.31 Å². The zero-order valence-corrected chi connectivity index (χ0v) is 14.1. The number of sulfonamides is 1. The van der Waals surface area contributed by atoms with Crippen molar-refractivity contribution in [3.8, 4) is 0 Å². The largest absolute Gasteiger partial charge is 0.326 e. The number of hydrogen-bond donors (Lipinski definition) is 1. The quantitative estimate of drug-likeness (QED) is 0.899. The lowest BCUT2D eigenvalue weighted by Crippen LogP contribution is -2.28. The molecule has 1 saturated heterocycles. The molecule has 0 aromatic heterocycles. The topological polar surface area (TPSA) is 66.5 Å². The minimum atomic E-state index is -3.44. The van der Waals surface area contributed by atoms with E-state index in [4.69, 9.17) is 0 Å². The molecule has 23 heavy (non-hydrogen) atoms. The molecule has 1 saturated carbocycles. The molecule has 6 heteroatoms. The van der Waals surface area contributed by atoms with E-state index in [2.05, 4.69) is 5.32 Å². The monoisotopic (exact) mass is 336 g/mol. The zero-order valence-electron chi connectivity index (χ0n) is 13.3. The first-order valence-corrected chi connectivity index (χ1v) is 9.90. The Morgan fingerprint density at radius 3 is 2.52 bits per heavy atom. The highest BCUT2D eigenvalue weighted by Gasteiger charge is 2.27. The number of benzene rings is 1. The first kappa shape index (κ1) is 16.5. The van der Waals surface area contributed by atoms with Gasteiger partial charge in [-0.3, -0.25) is 4.79 Å². The molecular formula is C17H24N2O3S. The second kappa shape index (κ2) is 7.01. The highest BCUT2D eigenvalue weighted by atomic mass is 32.2. The smallest absolute Gasteiger partial charge is 0.243 e. The van der Waals surface area contributed by atoms with Crippen LogP contribution in [0.15, 0.2) is 29.2 Å². The highest BCUT2D eigenvalue weighted by molar-refractivity contribution is 7.89. The summed E-state index contributed by atoms with van der Waals surface area (Å²) in [6.45, 7) is 1.17. The SMILES string of the molecule is O=C(CC1CCCC1)Nc1cccc(S(=O)(=O)N2CCCC2)c1. The van der Waals surface area contributed by atoms with E-state index in [-0.39, 0.29) is 10.8 Å². The Kier molecular flexibility index (Phi) is 5.02. The Hall–Kier alpha value is -1.40. The zero-order chi connectivity index (χ0) is 16.3. The molecule has 1 aromatic rings. The molecule has 3 rings (SSSR count). The number of anilines is 1. The molecule has 0 unspecified atom stereocenters. The maximum absolute atomic E-state index is 12.6. The summed E-state index contributed by atoms with van der Waals surface area (Å²) in [4.78, 5) is 12.4. The maximum Gasteiger partial charge on any atom is 0.243 e. The fourth-order valence-electron chi connectivity index (χ4n) is 3.50. The van der Waals surface area contributed by atoms with Crippen LogP contribution in [0.5, 0.6) is 0 Å². The summed E-state index contributed by atoms with van der Waals surface area (Å²) in [7, 11) is -3.44. The molecule has 1 aliphatic heterocycles. The van der Waals surface area contributed by atoms with Crippen molar-refractivity contribution in [2.24, 2.45) is 5.92 Å². The van der Waals surface area contributed by atoms with Gasteiger partial charge in [-0.15, -0.1) is 0 Å². The molecule has 126 valence electrons. The van der Waals surface area contributed by atoms with E-state index in [1.165, 1.54) is 17.1 Å². The van der Waals surface area contributed by atoms with Gasteiger partial charge in [-0.25, -0.2) is 8.42 Å². The van der Waals surface area contributed by atoms with Gasteiger partial charge in [0.2, 0.25) is 15.9 Å². The Bertz CT molecular complexity index is 660. The van der Waals surface area contributed by atoms with Gasteiger partial charge < -0.3 is 5.32 Å². The van der Waals surface area contributed by atoms with Crippen LogP contribution in [0.4, 0.5) is 5.69 Å². The lowest BCUT2D eigenvalue weighted by Gasteiger charge is -2.16. The van der Waals surface area contributed by atoms with E-state index in [9.17, 15) is 13.2 Å². The van der Waals surface area contributed by atoms with Crippen molar-refractivity contribution in [1.82, 2.24) is 4.31 Å². The van der Waals surface area contributed by atoms with Crippen LogP contribution < -0.4 is 5.32 Å². The van der Waals surface area contributed by atoms with Gasteiger partial charge in [-0.05, 0) is 49.8 Å². The molecule has 1 heterocycles. The molecule has 0 bridgehead atoms. The summed E-state index contributed by atoms with van der Waals surface area (Å²) in [6.07, 6.45) is 7.02. The van der Waals surface area contributed by atoms with E-state index < -0.39 is 10.0 Å². The fourth-order valence-corrected chi connectivity index (χ4v) is 5.06. The number of nitrogens with one attached hydrogen (secondary N) is 1. The van der Waals surface area contributed by atoms with E-state index in [0.29, 0.717) is 31.1 Å². The van der Waals surface area contributed by atoms with Gasteiger partial charge >= 0.3 is 0 Å². The molecule has 2 fully saturated rings. The summed E-state index contributed by atoms with van der Waals surface area (Å²) >= 11 is 0. The van der Waals surface area contributed by atoms with Crippen molar-refractivity contribution in [2.45, 2.75) is 49.8 Å². The second-order valence-corrected chi connectivity index (χ2v) is 8.48. The van der Waals surface area contributed by atoms with Crippen LogP contribution in [0.3, 0.4) is 0 Å². The predicted octanol–water partition coefficient (Wildman–Crippen LogP) is 2.99. The summed E-state index contributed by atoms with van der Waals surface area (Å²) in [6, 6.07) is 6.60. The van der Waals surface area contributed by atoms with Crippen molar-refractivity contribution < 1.29 is 13.2 Å². The summed E-state index contributed by atoms with van der Waals surface area (Å²) in [5.41, 5.74) is 0.563. The molecule has 2 aliphatic rings. The van der Waals surface area contributed by atoms with E-state index in [1.807, 2.05) is 0 Å². The van der Waals surface area contributed by atoms with E-state index in [0.717, 1.165) is 25.7 Å². The van der Waals surface area contributed by atoms with Gasteiger partial charge in [0.15, 0.2) is 0 Å². The molecule has 5 nitrogen and oxygen atoms in total. The number of carbonyl (C=O) groups is 1. The predicted molar refractivity (Wildman–Crippen MR) is 89.6 cm³/mol. The Morgan fingerprint density at radius 1 is 1.13 bits per heavy atom. The number of amides is 1. The normalized spacial score (nSPS) is 20.0. The standard InChI is InChI=1S/C17H24N2O3S/c20-17(12-14-6-1-2-7-14)18-15-8-5-9-16(13-15)23(21,22)19-10-3-4-11-19/h5,8-9,13-14H,1-4,6-7,10-12H2,(H,18,20). The van der Waals surface area contributed by atoms with Crippen molar-refractivity contribution in [3.63, 3.8) is 0 Å². The summed E-state index contributed by atoms with van der Waals surface area (Å²) in [5.74, 6) is 0.458. The number of hydrogen-bond acceptors (Lipinski definition) is 3. The molecule has 1 aromatic carbocycles. The Balaban J connectivity index is 1.68. The van der Waals surface area contributed by atoms with Crippen LogP contribution in [0.25, 0.3) is 0 Å². The fraction of sp³-hybridized carbons (Fsp3) is 0.588. The van der Waals surface area contributed by atoms with Gasteiger partial charge in [0.25, 0.3) is 0 Å².